The second-order valence-electron chi connectivity index (χ2n) is 6.59. The Hall–Kier alpha value is -1.72. The molecule has 0 fully saturated rings. The van der Waals surface area contributed by atoms with E-state index in [4.69, 9.17) is 5.11 Å². The number of Topliss-reactive ketones (excluding diaryl/α,β-unsaturated/α-hetero) is 1. The molecule has 25 heavy (non-hydrogen) atoms. The number of carboxylic acid groups (broad SMARTS) is 1. The van der Waals surface area contributed by atoms with E-state index in [9.17, 15) is 19.8 Å². The molecule has 0 unspecified atom stereocenters. The van der Waals surface area contributed by atoms with Crippen LogP contribution in [0.3, 0.4) is 0 Å². The van der Waals surface area contributed by atoms with Crippen molar-refractivity contribution in [3.8, 4) is 0 Å². The van der Waals surface area contributed by atoms with Crippen LogP contribution in [0.2, 0.25) is 0 Å². The fourth-order valence-electron chi connectivity index (χ4n) is 2.79. The molecule has 3 N–H and O–H groups in total. The lowest BCUT2D eigenvalue weighted by atomic mass is 10.0. The van der Waals surface area contributed by atoms with Crippen LogP contribution in [-0.4, -0.2) is 39.3 Å². The Morgan fingerprint density at radius 2 is 1.92 bits per heavy atom. The minimum absolute atomic E-state index is 0.151. The summed E-state index contributed by atoms with van der Waals surface area (Å²) in [4.78, 5) is 22.4. The number of hydrogen-bond acceptors (Lipinski definition) is 4. The highest BCUT2D eigenvalue weighted by molar-refractivity contribution is 5.99. The third-order valence-corrected chi connectivity index (χ3v) is 4.24. The topological polar surface area (TPSA) is 94.8 Å². The molecule has 0 heterocycles. The Bertz CT molecular complexity index is 528. The van der Waals surface area contributed by atoms with Gasteiger partial charge in [-0.2, -0.15) is 0 Å². The minimum atomic E-state index is -0.790. The molecule has 0 saturated carbocycles. The Morgan fingerprint density at radius 1 is 1.16 bits per heavy atom. The molecule has 0 aliphatic heterocycles. The molecule has 0 aromatic heterocycles. The van der Waals surface area contributed by atoms with Gasteiger partial charge in [0, 0.05) is 18.4 Å². The lowest BCUT2D eigenvalue weighted by molar-refractivity contribution is -0.137. The summed E-state index contributed by atoms with van der Waals surface area (Å²) in [6, 6.07) is 0. The molecule has 0 saturated heterocycles. The van der Waals surface area contributed by atoms with E-state index >= 15 is 0 Å². The van der Waals surface area contributed by atoms with Crippen LogP contribution in [-0.2, 0) is 9.59 Å². The summed E-state index contributed by atoms with van der Waals surface area (Å²) in [7, 11) is 0. The normalized spacial score (nSPS) is 17.8. The number of aliphatic carboxylic acids is 1. The summed E-state index contributed by atoms with van der Waals surface area (Å²) in [6.07, 6.45) is 11.8. The van der Waals surface area contributed by atoms with Crippen molar-refractivity contribution in [1.82, 2.24) is 0 Å². The fourth-order valence-corrected chi connectivity index (χ4v) is 2.79. The van der Waals surface area contributed by atoms with Crippen LogP contribution in [0.1, 0.15) is 64.7 Å². The highest BCUT2D eigenvalue weighted by Crippen LogP contribution is 2.27. The summed E-state index contributed by atoms with van der Waals surface area (Å²) in [5, 5.41) is 27.8. The van der Waals surface area contributed by atoms with E-state index in [2.05, 4.69) is 0 Å². The number of ketones is 1. The van der Waals surface area contributed by atoms with E-state index in [0.717, 1.165) is 17.6 Å². The zero-order chi connectivity index (χ0) is 18.7. The van der Waals surface area contributed by atoms with E-state index in [0.29, 0.717) is 44.9 Å². The summed E-state index contributed by atoms with van der Waals surface area (Å²) >= 11 is 0. The van der Waals surface area contributed by atoms with Gasteiger partial charge in [0.05, 0.1) is 12.2 Å². The maximum absolute atomic E-state index is 12.0. The van der Waals surface area contributed by atoms with Crippen molar-refractivity contribution in [2.75, 3.05) is 0 Å². The average Bonchev–Trinajstić information content (AvgIpc) is 2.88. The van der Waals surface area contributed by atoms with Crippen molar-refractivity contribution in [2.45, 2.75) is 76.9 Å². The highest BCUT2D eigenvalue weighted by atomic mass is 16.4. The first-order valence-electron chi connectivity index (χ1n) is 9.06. The van der Waals surface area contributed by atoms with Crippen LogP contribution in [0.25, 0.3) is 0 Å². The number of aliphatic hydroxyl groups excluding tert-OH is 2. The van der Waals surface area contributed by atoms with E-state index in [-0.39, 0.29) is 18.3 Å². The summed E-state index contributed by atoms with van der Waals surface area (Å²) in [6.45, 7) is 1.73. The van der Waals surface area contributed by atoms with Gasteiger partial charge in [-0.3, -0.25) is 9.59 Å². The van der Waals surface area contributed by atoms with Crippen LogP contribution in [0, 0.1) is 0 Å². The zero-order valence-corrected chi connectivity index (χ0v) is 15.0. The molecule has 0 aromatic rings. The summed E-state index contributed by atoms with van der Waals surface area (Å²) in [5.74, 6) is -0.639. The monoisotopic (exact) mass is 350 g/mol. The van der Waals surface area contributed by atoms with Gasteiger partial charge in [-0.15, -0.1) is 0 Å². The van der Waals surface area contributed by atoms with Gasteiger partial charge in [0.25, 0.3) is 0 Å². The SMILES string of the molecule is C[C@@H](O)CCC[C@@H](O)/C=C/C1=C(C/C=C\CCCC(=O)O)C(=O)CC1. The number of aliphatic hydroxyl groups is 2. The summed E-state index contributed by atoms with van der Waals surface area (Å²) < 4.78 is 0. The van der Waals surface area contributed by atoms with E-state index < -0.39 is 12.1 Å². The van der Waals surface area contributed by atoms with Crippen molar-refractivity contribution in [2.24, 2.45) is 0 Å². The first kappa shape index (κ1) is 21.3. The van der Waals surface area contributed by atoms with Gasteiger partial charge < -0.3 is 15.3 Å². The Labute approximate surface area is 149 Å². The van der Waals surface area contributed by atoms with Gasteiger partial charge in [0.2, 0.25) is 0 Å². The Kier molecular flexibility index (Phi) is 10.0. The molecule has 0 radical (unpaired) electrons. The second kappa shape index (κ2) is 11.8. The standard InChI is InChI=1S/C20H30O5/c1-15(21)7-6-8-17(22)13-11-16-12-14-19(23)18(16)9-4-2-3-5-10-20(24)25/h2,4,11,13,15,17,21-22H,3,5-10,12,14H2,1H3,(H,24,25)/b4-2-,13-11+/t15-,17-/m1/s1. The maximum Gasteiger partial charge on any atom is 0.303 e. The van der Waals surface area contributed by atoms with Crippen LogP contribution in [0.5, 0.6) is 0 Å². The molecule has 5 nitrogen and oxygen atoms in total. The number of carbonyl (C=O) groups is 2. The lowest BCUT2D eigenvalue weighted by Crippen LogP contribution is -2.05. The molecule has 1 aliphatic carbocycles. The molecular weight excluding hydrogens is 320 g/mol. The molecular formula is C20H30O5. The first-order valence-corrected chi connectivity index (χ1v) is 9.06. The molecule has 1 aliphatic rings. The van der Waals surface area contributed by atoms with Crippen molar-refractivity contribution in [3.63, 3.8) is 0 Å². The zero-order valence-electron chi connectivity index (χ0n) is 15.0. The minimum Gasteiger partial charge on any atom is -0.481 e. The van der Waals surface area contributed by atoms with Crippen molar-refractivity contribution >= 4 is 11.8 Å². The Morgan fingerprint density at radius 3 is 2.60 bits per heavy atom. The van der Waals surface area contributed by atoms with Gasteiger partial charge in [0.15, 0.2) is 5.78 Å². The van der Waals surface area contributed by atoms with Gasteiger partial charge >= 0.3 is 5.97 Å². The molecule has 1 rings (SSSR count). The molecule has 0 amide bonds. The molecule has 5 heteroatoms. The molecule has 0 spiro atoms. The second-order valence-corrected chi connectivity index (χ2v) is 6.59. The van der Waals surface area contributed by atoms with Gasteiger partial charge in [-0.1, -0.05) is 24.3 Å². The highest BCUT2D eigenvalue weighted by Gasteiger charge is 2.20. The smallest absolute Gasteiger partial charge is 0.303 e. The van der Waals surface area contributed by atoms with Crippen LogP contribution >= 0.6 is 0 Å². The molecule has 0 bridgehead atoms. The third kappa shape index (κ3) is 9.37. The molecule has 0 aromatic carbocycles. The number of carboxylic acids is 1. The molecule has 2 atom stereocenters. The fraction of sp³-hybridized carbons (Fsp3) is 0.600. The van der Waals surface area contributed by atoms with E-state index in [1.807, 2.05) is 18.2 Å². The van der Waals surface area contributed by atoms with Gasteiger partial charge in [-0.05, 0) is 57.4 Å². The van der Waals surface area contributed by atoms with Crippen molar-refractivity contribution in [1.29, 1.82) is 0 Å². The number of rotatable bonds is 12. The van der Waals surface area contributed by atoms with Gasteiger partial charge in [-0.25, -0.2) is 0 Å². The predicted octanol–water partition coefficient (Wildman–Crippen LogP) is 3.32. The average molecular weight is 350 g/mol. The first-order chi connectivity index (χ1) is 11.9. The van der Waals surface area contributed by atoms with Crippen LogP contribution in [0.15, 0.2) is 35.5 Å². The largest absolute Gasteiger partial charge is 0.481 e. The number of allylic oxidation sites excluding steroid dienone is 5. The Balaban J connectivity index is 2.48. The van der Waals surface area contributed by atoms with E-state index in [1.54, 1.807) is 13.0 Å². The third-order valence-electron chi connectivity index (χ3n) is 4.24. The summed E-state index contributed by atoms with van der Waals surface area (Å²) in [5.41, 5.74) is 1.77. The van der Waals surface area contributed by atoms with Crippen molar-refractivity contribution < 1.29 is 24.9 Å². The van der Waals surface area contributed by atoms with Crippen LogP contribution in [0.4, 0.5) is 0 Å². The number of unbranched alkanes of at least 4 members (excludes halogenated alkanes) is 1. The number of hydrogen-bond donors (Lipinski definition) is 3. The maximum atomic E-state index is 12.0. The number of carbonyl (C=O) groups excluding carboxylic acids is 1. The predicted molar refractivity (Wildman–Crippen MR) is 97.2 cm³/mol. The van der Waals surface area contributed by atoms with Gasteiger partial charge in [0.1, 0.15) is 0 Å². The quantitative estimate of drug-likeness (QED) is 0.371. The van der Waals surface area contributed by atoms with E-state index in [1.165, 1.54) is 0 Å². The lowest BCUT2D eigenvalue weighted by Gasteiger charge is -2.07. The van der Waals surface area contributed by atoms with Crippen LogP contribution < -0.4 is 0 Å². The molecule has 140 valence electrons. The van der Waals surface area contributed by atoms with Crippen molar-refractivity contribution in [3.05, 3.63) is 35.5 Å².